The Bertz CT molecular complexity index is 234. The average molecular weight is 339 g/mol. The molecule has 0 amide bonds. The fourth-order valence-electron chi connectivity index (χ4n) is 3.24. The van der Waals surface area contributed by atoms with Crippen LogP contribution in [0.4, 0.5) is 0 Å². The summed E-state index contributed by atoms with van der Waals surface area (Å²) in [7, 11) is 0. The highest BCUT2D eigenvalue weighted by atomic mass is 16.2. The Hall–Kier alpha value is -0.300. The van der Waals surface area contributed by atoms with Gasteiger partial charge in [0.05, 0.1) is 0 Å². The summed E-state index contributed by atoms with van der Waals surface area (Å²) in [4.78, 5) is 0. The zero-order chi connectivity index (χ0) is 17.6. The fraction of sp³-hybridized carbons (Fsp3) is 0.913. The first-order chi connectivity index (χ1) is 11.9. The van der Waals surface area contributed by atoms with Crippen molar-refractivity contribution < 1.29 is 5.11 Å². The molecule has 0 aliphatic carbocycles. The number of hydrogen-bond acceptors (Lipinski definition) is 1. The first kappa shape index (κ1) is 23.7. The SMILES string of the molecule is CCCCCCCCC/C=C\CCCCCCCCCCCCO. The summed E-state index contributed by atoms with van der Waals surface area (Å²) < 4.78 is 0. The van der Waals surface area contributed by atoms with Crippen molar-refractivity contribution in [2.75, 3.05) is 6.61 Å². The highest BCUT2D eigenvalue weighted by molar-refractivity contribution is 4.81. The first-order valence-corrected chi connectivity index (χ1v) is 11.2. The summed E-state index contributed by atoms with van der Waals surface area (Å²) in [5.41, 5.74) is 0. The minimum absolute atomic E-state index is 0.369. The maximum Gasteiger partial charge on any atom is 0.0431 e. The van der Waals surface area contributed by atoms with E-state index in [0.29, 0.717) is 6.61 Å². The van der Waals surface area contributed by atoms with Crippen LogP contribution in [0, 0.1) is 0 Å². The quantitative estimate of drug-likeness (QED) is 0.176. The van der Waals surface area contributed by atoms with Crippen LogP contribution in [0.2, 0.25) is 0 Å². The molecule has 0 aromatic carbocycles. The molecule has 0 aromatic heterocycles. The molecule has 1 heteroatoms. The number of hydrogen-bond donors (Lipinski definition) is 1. The molecule has 0 unspecified atom stereocenters. The second-order valence-corrected chi connectivity index (χ2v) is 7.43. The zero-order valence-electron chi connectivity index (χ0n) is 16.7. The second kappa shape index (κ2) is 22.7. The van der Waals surface area contributed by atoms with Crippen LogP contribution < -0.4 is 0 Å². The molecule has 0 radical (unpaired) electrons. The lowest BCUT2D eigenvalue weighted by Crippen LogP contribution is -1.84. The van der Waals surface area contributed by atoms with E-state index < -0.39 is 0 Å². The maximum absolute atomic E-state index is 8.71. The molecule has 0 bridgehead atoms. The van der Waals surface area contributed by atoms with Crippen LogP contribution in [0.5, 0.6) is 0 Å². The summed E-state index contributed by atoms with van der Waals surface area (Å²) in [6.45, 7) is 2.65. The third-order valence-electron chi connectivity index (χ3n) is 4.92. The van der Waals surface area contributed by atoms with E-state index in [1.165, 1.54) is 116 Å². The normalized spacial score (nSPS) is 11.6. The highest BCUT2D eigenvalue weighted by Gasteiger charge is 1.93. The minimum Gasteiger partial charge on any atom is -0.396 e. The third kappa shape index (κ3) is 21.7. The monoisotopic (exact) mass is 338 g/mol. The molecule has 0 aliphatic rings. The van der Waals surface area contributed by atoms with E-state index in [2.05, 4.69) is 19.1 Å². The van der Waals surface area contributed by atoms with Crippen LogP contribution in [0.15, 0.2) is 12.2 Å². The Balaban J connectivity index is 3.03. The molecule has 144 valence electrons. The van der Waals surface area contributed by atoms with Gasteiger partial charge in [-0.05, 0) is 32.1 Å². The van der Waals surface area contributed by atoms with Gasteiger partial charge in [-0.1, -0.05) is 109 Å². The van der Waals surface area contributed by atoms with Crippen LogP contribution in [0.25, 0.3) is 0 Å². The summed E-state index contributed by atoms with van der Waals surface area (Å²) in [6.07, 6.45) is 30.6. The maximum atomic E-state index is 8.71. The molecule has 0 atom stereocenters. The third-order valence-corrected chi connectivity index (χ3v) is 4.92. The van der Waals surface area contributed by atoms with Crippen LogP contribution >= 0.6 is 0 Å². The van der Waals surface area contributed by atoms with E-state index in [1.807, 2.05) is 0 Å². The van der Waals surface area contributed by atoms with Gasteiger partial charge in [0.15, 0.2) is 0 Å². The number of allylic oxidation sites excluding steroid dienone is 2. The number of rotatable bonds is 20. The van der Waals surface area contributed by atoms with E-state index in [1.54, 1.807) is 0 Å². The summed E-state index contributed by atoms with van der Waals surface area (Å²) in [5, 5.41) is 8.71. The molecular formula is C23H46O. The average Bonchev–Trinajstić information content (AvgIpc) is 2.60. The Labute approximate surface area is 153 Å². The topological polar surface area (TPSA) is 20.2 Å². The van der Waals surface area contributed by atoms with Crippen LogP contribution in [-0.4, -0.2) is 11.7 Å². The Morgan fingerprint density at radius 2 is 0.792 bits per heavy atom. The lowest BCUT2D eigenvalue weighted by atomic mass is 10.1. The van der Waals surface area contributed by atoms with Crippen LogP contribution in [0.3, 0.4) is 0 Å². The second-order valence-electron chi connectivity index (χ2n) is 7.43. The Morgan fingerprint density at radius 1 is 0.458 bits per heavy atom. The summed E-state index contributed by atoms with van der Waals surface area (Å²) in [5.74, 6) is 0. The lowest BCUT2D eigenvalue weighted by molar-refractivity contribution is 0.282. The van der Waals surface area contributed by atoms with Gasteiger partial charge in [0.1, 0.15) is 0 Å². The standard InChI is InChI=1S/C23H46O/c1-2-3-4-5-6-7-8-9-10-11-12-13-14-15-16-17-18-19-20-21-22-23-24/h10-11,24H,2-9,12-23H2,1H3/b11-10-. The molecule has 0 spiro atoms. The van der Waals surface area contributed by atoms with Crippen LogP contribution in [-0.2, 0) is 0 Å². The van der Waals surface area contributed by atoms with Crippen molar-refractivity contribution >= 4 is 0 Å². The van der Waals surface area contributed by atoms with Crippen molar-refractivity contribution in [3.63, 3.8) is 0 Å². The highest BCUT2D eigenvalue weighted by Crippen LogP contribution is 2.12. The fourth-order valence-corrected chi connectivity index (χ4v) is 3.24. The zero-order valence-corrected chi connectivity index (χ0v) is 16.7. The molecular weight excluding hydrogens is 292 g/mol. The van der Waals surface area contributed by atoms with Crippen molar-refractivity contribution in [2.24, 2.45) is 0 Å². The summed E-state index contributed by atoms with van der Waals surface area (Å²) in [6, 6.07) is 0. The Kier molecular flexibility index (Phi) is 22.4. The molecule has 0 aromatic rings. The number of aliphatic hydroxyl groups excluding tert-OH is 1. The van der Waals surface area contributed by atoms with Gasteiger partial charge < -0.3 is 5.11 Å². The van der Waals surface area contributed by atoms with Gasteiger partial charge in [-0.3, -0.25) is 0 Å². The largest absolute Gasteiger partial charge is 0.396 e. The molecule has 1 N–H and O–H groups in total. The van der Waals surface area contributed by atoms with E-state index in [0.717, 1.165) is 6.42 Å². The molecule has 0 saturated heterocycles. The van der Waals surface area contributed by atoms with Gasteiger partial charge in [0.25, 0.3) is 0 Å². The summed E-state index contributed by atoms with van der Waals surface area (Å²) >= 11 is 0. The predicted molar refractivity (Wildman–Crippen MR) is 110 cm³/mol. The number of unbranched alkanes of at least 4 members (excludes halogenated alkanes) is 17. The van der Waals surface area contributed by atoms with E-state index >= 15 is 0 Å². The van der Waals surface area contributed by atoms with Gasteiger partial charge >= 0.3 is 0 Å². The molecule has 0 rings (SSSR count). The van der Waals surface area contributed by atoms with Crippen LogP contribution in [0.1, 0.15) is 129 Å². The van der Waals surface area contributed by atoms with Gasteiger partial charge in [0.2, 0.25) is 0 Å². The molecule has 0 saturated carbocycles. The van der Waals surface area contributed by atoms with E-state index in [-0.39, 0.29) is 0 Å². The van der Waals surface area contributed by atoms with E-state index in [9.17, 15) is 0 Å². The molecule has 0 heterocycles. The van der Waals surface area contributed by atoms with Gasteiger partial charge in [-0.2, -0.15) is 0 Å². The van der Waals surface area contributed by atoms with Gasteiger partial charge in [-0.15, -0.1) is 0 Å². The molecule has 0 aliphatic heterocycles. The van der Waals surface area contributed by atoms with Crippen molar-refractivity contribution in [3.8, 4) is 0 Å². The predicted octanol–water partition coefficient (Wildman–Crippen LogP) is 7.97. The van der Waals surface area contributed by atoms with Crippen molar-refractivity contribution in [1.82, 2.24) is 0 Å². The van der Waals surface area contributed by atoms with Gasteiger partial charge in [0, 0.05) is 6.61 Å². The minimum atomic E-state index is 0.369. The Morgan fingerprint density at radius 3 is 1.17 bits per heavy atom. The van der Waals surface area contributed by atoms with Crippen molar-refractivity contribution in [3.05, 3.63) is 12.2 Å². The van der Waals surface area contributed by atoms with Crippen molar-refractivity contribution in [2.45, 2.75) is 129 Å². The molecule has 0 fully saturated rings. The molecule has 24 heavy (non-hydrogen) atoms. The number of aliphatic hydroxyl groups is 1. The first-order valence-electron chi connectivity index (χ1n) is 11.2. The smallest absolute Gasteiger partial charge is 0.0431 e. The lowest BCUT2D eigenvalue weighted by Gasteiger charge is -2.01. The van der Waals surface area contributed by atoms with Crippen molar-refractivity contribution in [1.29, 1.82) is 0 Å². The van der Waals surface area contributed by atoms with E-state index in [4.69, 9.17) is 5.11 Å². The van der Waals surface area contributed by atoms with Gasteiger partial charge in [-0.25, -0.2) is 0 Å². The molecule has 1 nitrogen and oxygen atoms in total.